The number of pyridine rings is 1. The van der Waals surface area contributed by atoms with Gasteiger partial charge in [0.25, 0.3) is 0 Å². The summed E-state index contributed by atoms with van der Waals surface area (Å²) < 4.78 is 11.3. The predicted octanol–water partition coefficient (Wildman–Crippen LogP) is 4.18. The van der Waals surface area contributed by atoms with Crippen molar-refractivity contribution in [3.05, 3.63) is 71.5 Å². The van der Waals surface area contributed by atoms with E-state index in [1.54, 1.807) is 6.20 Å². The number of benzene rings is 1. The molecule has 0 saturated carbocycles. The van der Waals surface area contributed by atoms with Crippen LogP contribution >= 0.6 is 0 Å². The number of hydrogen-bond donors (Lipinski definition) is 0. The number of hydrogen-bond acceptors (Lipinski definition) is 8. The zero-order valence-corrected chi connectivity index (χ0v) is 18.4. The number of azo groups is 1. The Labute approximate surface area is 188 Å². The topological polar surface area (TPSA) is 85.1 Å². The van der Waals surface area contributed by atoms with Crippen molar-refractivity contribution in [3.63, 3.8) is 0 Å². The molecule has 0 bridgehead atoms. The van der Waals surface area contributed by atoms with Gasteiger partial charge in [-0.25, -0.2) is 0 Å². The molecular formula is C24H28N6O2. The maximum atomic E-state index is 5.86. The van der Waals surface area contributed by atoms with Gasteiger partial charge in [0.05, 0.1) is 26.4 Å². The lowest BCUT2D eigenvalue weighted by molar-refractivity contribution is 0.122. The molecule has 0 unspecified atom stereocenters. The van der Waals surface area contributed by atoms with Gasteiger partial charge in [0.2, 0.25) is 0 Å². The number of anilines is 1. The number of rotatable bonds is 9. The molecule has 1 saturated heterocycles. The first-order valence-electron chi connectivity index (χ1n) is 11.0. The van der Waals surface area contributed by atoms with Crippen molar-refractivity contribution in [1.29, 1.82) is 0 Å². The van der Waals surface area contributed by atoms with E-state index in [9.17, 15) is 0 Å². The third-order valence-electron chi connectivity index (χ3n) is 5.16. The molecule has 8 nitrogen and oxygen atoms in total. The fraction of sp³-hybridized carbons (Fsp3) is 0.375. The Kier molecular flexibility index (Phi) is 7.70. The van der Waals surface area contributed by atoms with Gasteiger partial charge < -0.3 is 14.4 Å². The summed E-state index contributed by atoms with van der Waals surface area (Å²) in [5, 5.41) is 8.73. The van der Waals surface area contributed by atoms with Gasteiger partial charge in [-0.2, -0.15) is 15.1 Å². The molecule has 1 aromatic carbocycles. The van der Waals surface area contributed by atoms with Gasteiger partial charge >= 0.3 is 6.01 Å². The van der Waals surface area contributed by atoms with Gasteiger partial charge in [-0.1, -0.05) is 37.3 Å². The van der Waals surface area contributed by atoms with Gasteiger partial charge in [-0.05, 0) is 29.7 Å². The van der Waals surface area contributed by atoms with Crippen LogP contribution in [0.4, 0.5) is 11.6 Å². The maximum absolute atomic E-state index is 5.86. The standard InChI is InChI=1S/C24H28N6O2/c1-2-19-6-5-7-20(16-19)18-26-29-22-17-23(30-11-14-31-15-12-30)28-24(27-22)32-13-9-21-8-3-4-10-25-21/h3-8,10,16-17H,2,9,11-15,18H2,1H3. The molecule has 0 N–H and O–H groups in total. The maximum Gasteiger partial charge on any atom is 0.320 e. The van der Waals surface area contributed by atoms with Gasteiger partial charge in [0.15, 0.2) is 5.82 Å². The first-order valence-corrected chi connectivity index (χ1v) is 11.0. The van der Waals surface area contributed by atoms with Crippen LogP contribution in [0.25, 0.3) is 0 Å². The van der Waals surface area contributed by atoms with E-state index in [2.05, 4.69) is 61.3 Å². The summed E-state index contributed by atoms with van der Waals surface area (Å²) in [5.41, 5.74) is 3.38. The van der Waals surface area contributed by atoms with Crippen LogP contribution in [0.1, 0.15) is 23.7 Å². The van der Waals surface area contributed by atoms with Crippen LogP contribution < -0.4 is 9.64 Å². The second-order valence-corrected chi connectivity index (χ2v) is 7.46. The number of morpholine rings is 1. The SMILES string of the molecule is CCc1cccc(CN=Nc2cc(N3CCOCC3)nc(OCCc3ccccn3)n2)c1. The third-order valence-corrected chi connectivity index (χ3v) is 5.16. The lowest BCUT2D eigenvalue weighted by Gasteiger charge is -2.27. The Morgan fingerprint density at radius 1 is 1.03 bits per heavy atom. The van der Waals surface area contributed by atoms with Crippen LogP contribution in [0, 0.1) is 0 Å². The van der Waals surface area contributed by atoms with Crippen molar-refractivity contribution in [2.24, 2.45) is 10.2 Å². The van der Waals surface area contributed by atoms with Crippen molar-refractivity contribution in [2.75, 3.05) is 37.8 Å². The highest BCUT2D eigenvalue weighted by Crippen LogP contribution is 2.23. The van der Waals surface area contributed by atoms with Crippen LogP contribution in [0.5, 0.6) is 6.01 Å². The Balaban J connectivity index is 1.47. The average Bonchev–Trinajstić information content (AvgIpc) is 2.85. The lowest BCUT2D eigenvalue weighted by Crippen LogP contribution is -2.36. The smallest absolute Gasteiger partial charge is 0.320 e. The molecule has 1 fully saturated rings. The van der Waals surface area contributed by atoms with E-state index in [0.717, 1.165) is 36.6 Å². The van der Waals surface area contributed by atoms with E-state index in [-0.39, 0.29) is 0 Å². The normalized spacial score (nSPS) is 14.1. The molecule has 1 aliphatic heterocycles. The number of ether oxygens (including phenoxy) is 2. The van der Waals surface area contributed by atoms with Gasteiger partial charge in [-0.15, -0.1) is 5.11 Å². The van der Waals surface area contributed by atoms with Crippen molar-refractivity contribution >= 4 is 11.6 Å². The second-order valence-electron chi connectivity index (χ2n) is 7.46. The summed E-state index contributed by atoms with van der Waals surface area (Å²) in [6.07, 6.45) is 3.45. The molecule has 0 spiro atoms. The van der Waals surface area contributed by atoms with Crippen molar-refractivity contribution < 1.29 is 9.47 Å². The molecule has 4 rings (SSSR count). The fourth-order valence-corrected chi connectivity index (χ4v) is 3.40. The Morgan fingerprint density at radius 3 is 2.72 bits per heavy atom. The minimum atomic E-state index is 0.298. The first kappa shape index (κ1) is 21.8. The molecule has 166 valence electrons. The predicted molar refractivity (Wildman–Crippen MR) is 123 cm³/mol. The highest BCUT2D eigenvalue weighted by molar-refractivity contribution is 5.47. The van der Waals surface area contributed by atoms with Gasteiger partial charge in [0, 0.05) is 37.5 Å². The van der Waals surface area contributed by atoms with Gasteiger partial charge in [0.1, 0.15) is 5.82 Å². The van der Waals surface area contributed by atoms with E-state index in [0.29, 0.717) is 44.6 Å². The van der Waals surface area contributed by atoms with Crippen molar-refractivity contribution in [2.45, 2.75) is 26.3 Å². The molecule has 3 heterocycles. The molecule has 3 aromatic rings. The Bertz CT molecular complexity index is 1020. The second kappa shape index (κ2) is 11.3. The minimum Gasteiger partial charge on any atom is -0.463 e. The zero-order valence-electron chi connectivity index (χ0n) is 18.4. The zero-order chi connectivity index (χ0) is 22.0. The van der Waals surface area contributed by atoms with E-state index < -0.39 is 0 Å². The first-order chi connectivity index (χ1) is 15.8. The molecule has 0 radical (unpaired) electrons. The summed E-state index contributed by atoms with van der Waals surface area (Å²) in [7, 11) is 0. The highest BCUT2D eigenvalue weighted by atomic mass is 16.5. The third kappa shape index (κ3) is 6.31. The van der Waals surface area contributed by atoms with Crippen LogP contribution in [0.3, 0.4) is 0 Å². The number of aryl methyl sites for hydroxylation is 1. The molecule has 0 amide bonds. The summed E-state index contributed by atoms with van der Waals surface area (Å²) in [5.74, 6) is 1.26. The fourth-order valence-electron chi connectivity index (χ4n) is 3.40. The van der Waals surface area contributed by atoms with Crippen molar-refractivity contribution in [1.82, 2.24) is 15.0 Å². The summed E-state index contributed by atoms with van der Waals surface area (Å²) in [4.78, 5) is 15.5. The summed E-state index contributed by atoms with van der Waals surface area (Å²) in [6, 6.07) is 16.4. The molecule has 0 aliphatic carbocycles. The summed E-state index contributed by atoms with van der Waals surface area (Å²) >= 11 is 0. The van der Waals surface area contributed by atoms with Crippen LogP contribution in [-0.4, -0.2) is 47.9 Å². The number of aromatic nitrogens is 3. The monoisotopic (exact) mass is 432 g/mol. The Morgan fingerprint density at radius 2 is 1.91 bits per heavy atom. The molecular weight excluding hydrogens is 404 g/mol. The van der Waals surface area contributed by atoms with Gasteiger partial charge in [-0.3, -0.25) is 4.98 Å². The highest BCUT2D eigenvalue weighted by Gasteiger charge is 2.15. The quantitative estimate of drug-likeness (QED) is 0.472. The van der Waals surface area contributed by atoms with Crippen LogP contribution in [0.2, 0.25) is 0 Å². The van der Waals surface area contributed by atoms with Crippen LogP contribution in [-0.2, 0) is 24.1 Å². The summed E-state index contributed by atoms with van der Waals surface area (Å²) in [6.45, 7) is 5.96. The number of nitrogens with zero attached hydrogens (tertiary/aromatic N) is 6. The van der Waals surface area contributed by atoms with Crippen LogP contribution in [0.15, 0.2) is 65.0 Å². The lowest BCUT2D eigenvalue weighted by atomic mass is 10.1. The molecule has 32 heavy (non-hydrogen) atoms. The molecule has 2 aromatic heterocycles. The average molecular weight is 433 g/mol. The minimum absolute atomic E-state index is 0.298. The molecule has 8 heteroatoms. The van der Waals surface area contributed by atoms with Crippen molar-refractivity contribution in [3.8, 4) is 6.01 Å². The van der Waals surface area contributed by atoms with E-state index in [1.165, 1.54) is 5.56 Å². The van der Waals surface area contributed by atoms with E-state index in [1.807, 2.05) is 24.3 Å². The largest absolute Gasteiger partial charge is 0.463 e. The van der Waals surface area contributed by atoms with E-state index >= 15 is 0 Å². The Hall–Kier alpha value is -3.39. The molecule has 1 aliphatic rings. The molecule has 0 atom stereocenters. The van der Waals surface area contributed by atoms with E-state index in [4.69, 9.17) is 9.47 Å².